The molecule has 0 aliphatic carbocycles. The van der Waals surface area contributed by atoms with Gasteiger partial charge in [-0.15, -0.1) is 0 Å². The van der Waals surface area contributed by atoms with Gasteiger partial charge >= 0.3 is 0 Å². The van der Waals surface area contributed by atoms with Crippen molar-refractivity contribution < 1.29 is 9.13 Å². The number of halogens is 1. The van der Waals surface area contributed by atoms with E-state index in [9.17, 15) is 4.39 Å². The van der Waals surface area contributed by atoms with Crippen LogP contribution in [0.3, 0.4) is 0 Å². The summed E-state index contributed by atoms with van der Waals surface area (Å²) in [6, 6.07) is 8.05. The molecule has 0 bridgehead atoms. The van der Waals surface area contributed by atoms with Gasteiger partial charge in [-0.1, -0.05) is 0 Å². The van der Waals surface area contributed by atoms with Crippen LogP contribution in [-0.2, 0) is 0 Å². The Labute approximate surface area is 125 Å². The molecular formula is C14H11FN4OS. The Morgan fingerprint density at radius 1 is 1.33 bits per heavy atom. The zero-order valence-electron chi connectivity index (χ0n) is 11.1. The molecule has 1 aromatic carbocycles. The summed E-state index contributed by atoms with van der Waals surface area (Å²) in [4.78, 5) is 4.04. The molecule has 5 nitrogen and oxygen atoms in total. The van der Waals surface area contributed by atoms with E-state index in [1.807, 2.05) is 6.07 Å². The predicted molar refractivity (Wildman–Crippen MR) is 78.5 cm³/mol. The van der Waals surface area contributed by atoms with Crippen molar-refractivity contribution in [1.29, 1.82) is 0 Å². The van der Waals surface area contributed by atoms with Crippen LogP contribution in [0.15, 0.2) is 42.7 Å². The topological polar surface area (TPSA) is 55.7 Å². The Balaban J connectivity index is 2.25. The summed E-state index contributed by atoms with van der Waals surface area (Å²) in [6.07, 6.45) is 3.29. The van der Waals surface area contributed by atoms with E-state index in [0.29, 0.717) is 16.3 Å². The fourth-order valence-electron chi connectivity index (χ4n) is 2.00. The highest BCUT2D eigenvalue weighted by Crippen LogP contribution is 2.25. The van der Waals surface area contributed by atoms with Crippen molar-refractivity contribution in [3.63, 3.8) is 0 Å². The van der Waals surface area contributed by atoms with Crippen molar-refractivity contribution in [3.8, 4) is 22.8 Å². The summed E-state index contributed by atoms with van der Waals surface area (Å²) in [7, 11) is 1.52. The molecular weight excluding hydrogens is 291 g/mol. The van der Waals surface area contributed by atoms with E-state index >= 15 is 0 Å². The minimum absolute atomic E-state index is 0.270. The number of aromatic nitrogens is 4. The molecule has 0 saturated carbocycles. The number of hydrogen-bond donors (Lipinski definition) is 1. The Bertz CT molecular complexity index is 828. The van der Waals surface area contributed by atoms with Crippen molar-refractivity contribution in [2.75, 3.05) is 7.11 Å². The minimum Gasteiger partial charge on any atom is -0.497 e. The molecule has 3 aromatic rings. The molecule has 2 aromatic heterocycles. The fraction of sp³-hybridized carbons (Fsp3) is 0.0714. The Morgan fingerprint density at radius 3 is 2.90 bits per heavy atom. The average molecular weight is 302 g/mol. The smallest absolute Gasteiger partial charge is 0.200 e. The highest BCUT2D eigenvalue weighted by atomic mass is 32.1. The number of methoxy groups -OCH3 is 1. The molecule has 0 atom stereocenters. The van der Waals surface area contributed by atoms with Crippen LogP contribution in [0.5, 0.6) is 5.75 Å². The Kier molecular flexibility index (Phi) is 3.49. The number of rotatable bonds is 3. The number of ether oxygens (including phenoxy) is 1. The zero-order valence-corrected chi connectivity index (χ0v) is 11.9. The van der Waals surface area contributed by atoms with Crippen LogP contribution in [0.4, 0.5) is 4.39 Å². The van der Waals surface area contributed by atoms with Crippen LogP contribution in [0.2, 0.25) is 0 Å². The van der Waals surface area contributed by atoms with E-state index in [1.165, 1.54) is 17.7 Å². The molecule has 0 spiro atoms. The van der Waals surface area contributed by atoms with Crippen molar-refractivity contribution in [3.05, 3.63) is 53.3 Å². The van der Waals surface area contributed by atoms with Gasteiger partial charge in [0.05, 0.1) is 12.8 Å². The standard InChI is InChI=1S/C14H11FN4OS/c1-20-10-4-5-11(15)12(7-10)19-13(17-18-14(19)21)9-3-2-6-16-8-9/h2-8H,1H3,(H,18,21). The monoisotopic (exact) mass is 302 g/mol. The predicted octanol–water partition coefficient (Wildman–Crippen LogP) is 3.14. The van der Waals surface area contributed by atoms with Crippen LogP contribution in [-0.4, -0.2) is 26.9 Å². The molecule has 0 fully saturated rings. The first-order chi connectivity index (χ1) is 10.2. The minimum atomic E-state index is -0.418. The number of nitrogens with one attached hydrogen (secondary N) is 1. The maximum Gasteiger partial charge on any atom is 0.200 e. The summed E-state index contributed by atoms with van der Waals surface area (Å²) in [5.41, 5.74) is 0.999. The fourth-order valence-corrected chi connectivity index (χ4v) is 2.23. The molecule has 0 radical (unpaired) electrons. The second kappa shape index (κ2) is 5.45. The van der Waals surface area contributed by atoms with E-state index in [4.69, 9.17) is 17.0 Å². The second-order valence-corrected chi connectivity index (χ2v) is 4.63. The normalized spacial score (nSPS) is 10.6. The summed E-state index contributed by atoms with van der Waals surface area (Å²) >= 11 is 5.21. The number of pyridine rings is 1. The molecule has 3 rings (SSSR count). The number of H-pyrrole nitrogens is 1. The largest absolute Gasteiger partial charge is 0.497 e. The third kappa shape index (κ3) is 2.43. The maximum atomic E-state index is 14.2. The molecule has 0 saturated heterocycles. The molecule has 1 N–H and O–H groups in total. The van der Waals surface area contributed by atoms with Crippen LogP contribution in [0.25, 0.3) is 17.1 Å². The number of benzene rings is 1. The average Bonchev–Trinajstić information content (AvgIpc) is 2.90. The van der Waals surface area contributed by atoms with E-state index in [-0.39, 0.29) is 5.69 Å². The van der Waals surface area contributed by atoms with Crippen LogP contribution in [0.1, 0.15) is 0 Å². The highest BCUT2D eigenvalue weighted by Gasteiger charge is 2.15. The van der Waals surface area contributed by atoms with Gasteiger partial charge in [-0.2, -0.15) is 5.10 Å². The molecule has 0 amide bonds. The number of nitrogens with zero attached hydrogens (tertiary/aromatic N) is 3. The third-order valence-corrected chi connectivity index (χ3v) is 3.26. The summed E-state index contributed by atoms with van der Waals surface area (Å²) < 4.78 is 21.1. The van der Waals surface area contributed by atoms with E-state index in [1.54, 1.807) is 30.6 Å². The van der Waals surface area contributed by atoms with Gasteiger partial charge in [0.2, 0.25) is 0 Å². The quantitative estimate of drug-likeness (QED) is 0.755. The molecule has 0 unspecified atom stereocenters. The van der Waals surface area contributed by atoms with Crippen LogP contribution in [0, 0.1) is 10.6 Å². The zero-order chi connectivity index (χ0) is 14.8. The lowest BCUT2D eigenvalue weighted by Gasteiger charge is -2.09. The first-order valence-electron chi connectivity index (χ1n) is 6.12. The Hall–Kier alpha value is -2.54. The summed E-state index contributed by atoms with van der Waals surface area (Å²) in [5, 5.41) is 6.84. The van der Waals surface area contributed by atoms with Gasteiger partial charge in [0.25, 0.3) is 0 Å². The summed E-state index contributed by atoms with van der Waals surface area (Å²) in [6.45, 7) is 0. The number of aromatic amines is 1. The first kappa shape index (κ1) is 13.4. The van der Waals surface area contributed by atoms with Gasteiger partial charge in [-0.3, -0.25) is 14.6 Å². The third-order valence-electron chi connectivity index (χ3n) is 2.99. The van der Waals surface area contributed by atoms with Crippen molar-refractivity contribution >= 4 is 12.2 Å². The van der Waals surface area contributed by atoms with E-state index in [0.717, 1.165) is 5.56 Å². The molecule has 0 aliphatic rings. The molecule has 2 heterocycles. The molecule has 106 valence electrons. The SMILES string of the molecule is COc1ccc(F)c(-n2c(-c3cccnc3)n[nH]c2=S)c1. The van der Waals surface area contributed by atoms with Gasteiger partial charge in [0.1, 0.15) is 11.6 Å². The van der Waals surface area contributed by atoms with Gasteiger partial charge in [-0.25, -0.2) is 4.39 Å². The lowest BCUT2D eigenvalue weighted by atomic mass is 10.2. The van der Waals surface area contributed by atoms with E-state index in [2.05, 4.69) is 15.2 Å². The highest BCUT2D eigenvalue weighted by molar-refractivity contribution is 7.71. The number of hydrogen-bond acceptors (Lipinski definition) is 4. The molecule has 21 heavy (non-hydrogen) atoms. The van der Waals surface area contributed by atoms with Gasteiger partial charge in [0, 0.05) is 24.0 Å². The van der Waals surface area contributed by atoms with Crippen LogP contribution < -0.4 is 4.74 Å². The second-order valence-electron chi connectivity index (χ2n) is 4.25. The summed E-state index contributed by atoms with van der Waals surface area (Å²) in [5.74, 6) is 0.602. The van der Waals surface area contributed by atoms with Gasteiger partial charge < -0.3 is 4.74 Å². The Morgan fingerprint density at radius 2 is 2.19 bits per heavy atom. The lowest BCUT2D eigenvalue weighted by molar-refractivity contribution is 0.413. The molecule has 7 heteroatoms. The van der Waals surface area contributed by atoms with E-state index < -0.39 is 5.82 Å². The van der Waals surface area contributed by atoms with Crippen molar-refractivity contribution in [2.45, 2.75) is 0 Å². The van der Waals surface area contributed by atoms with Crippen molar-refractivity contribution in [1.82, 2.24) is 19.7 Å². The van der Waals surface area contributed by atoms with Gasteiger partial charge in [-0.05, 0) is 36.5 Å². The maximum absolute atomic E-state index is 14.2. The van der Waals surface area contributed by atoms with Crippen molar-refractivity contribution in [2.24, 2.45) is 0 Å². The van der Waals surface area contributed by atoms with Gasteiger partial charge in [0.15, 0.2) is 10.6 Å². The van der Waals surface area contributed by atoms with Crippen LogP contribution >= 0.6 is 12.2 Å². The lowest BCUT2D eigenvalue weighted by Crippen LogP contribution is -2.01. The molecule has 0 aliphatic heterocycles. The first-order valence-corrected chi connectivity index (χ1v) is 6.53.